The number of hydrogen-bond donors (Lipinski definition) is 3. The molecule has 6 nitrogen and oxygen atoms in total. The third kappa shape index (κ3) is 2.45. The number of carbonyl (C=O) groups is 2. The zero-order valence-corrected chi connectivity index (χ0v) is 9.12. The molecule has 0 aromatic carbocycles. The van der Waals surface area contributed by atoms with Crippen molar-refractivity contribution in [3.63, 3.8) is 0 Å². The molecule has 1 heterocycles. The lowest BCUT2D eigenvalue weighted by Crippen LogP contribution is -2.59. The van der Waals surface area contributed by atoms with Gasteiger partial charge in [0.1, 0.15) is 0 Å². The zero-order chi connectivity index (χ0) is 11.6. The van der Waals surface area contributed by atoms with Crippen LogP contribution in [0.5, 0.6) is 0 Å². The molecule has 0 saturated carbocycles. The Labute approximate surface area is 88.9 Å². The van der Waals surface area contributed by atoms with Crippen LogP contribution in [0.15, 0.2) is 0 Å². The fourth-order valence-corrected chi connectivity index (χ4v) is 1.73. The summed E-state index contributed by atoms with van der Waals surface area (Å²) in [6.45, 7) is 4.86. The Kier molecular flexibility index (Phi) is 3.31. The van der Waals surface area contributed by atoms with E-state index in [1.807, 2.05) is 4.90 Å². The number of nitrogens with zero attached hydrogens (tertiary/aromatic N) is 1. The van der Waals surface area contributed by atoms with E-state index in [4.69, 9.17) is 11.6 Å². The van der Waals surface area contributed by atoms with E-state index in [2.05, 4.69) is 5.43 Å². The molecule has 0 bridgehead atoms. The van der Waals surface area contributed by atoms with Gasteiger partial charge in [-0.25, -0.2) is 5.84 Å². The molecule has 1 rings (SSSR count). The maximum Gasteiger partial charge on any atom is 0.240 e. The van der Waals surface area contributed by atoms with E-state index in [9.17, 15) is 9.59 Å². The molecule has 1 atom stereocenters. The standard InChI is InChI=1S/C9H18N4O2/c1-9(2,8(15)12-11)5-13-4-3-6(13)7(10)14/h6H,3-5,11H2,1-2H3,(H2,10,14)(H,12,15). The molecule has 5 N–H and O–H groups in total. The minimum absolute atomic E-state index is 0.227. The minimum atomic E-state index is -0.608. The summed E-state index contributed by atoms with van der Waals surface area (Å²) in [4.78, 5) is 24.3. The summed E-state index contributed by atoms with van der Waals surface area (Å²) in [7, 11) is 0. The number of carbonyl (C=O) groups excluding carboxylic acids is 2. The van der Waals surface area contributed by atoms with Gasteiger partial charge in [0.15, 0.2) is 0 Å². The van der Waals surface area contributed by atoms with Gasteiger partial charge in [0.25, 0.3) is 0 Å². The summed E-state index contributed by atoms with van der Waals surface area (Å²) in [6, 6.07) is -0.227. The smallest absolute Gasteiger partial charge is 0.240 e. The molecule has 0 radical (unpaired) electrons. The molecule has 2 amide bonds. The molecule has 1 aliphatic rings. The fourth-order valence-electron chi connectivity index (χ4n) is 1.73. The minimum Gasteiger partial charge on any atom is -0.368 e. The van der Waals surface area contributed by atoms with E-state index >= 15 is 0 Å². The summed E-state index contributed by atoms with van der Waals surface area (Å²) in [5.41, 5.74) is 6.72. The topological polar surface area (TPSA) is 101 Å². The van der Waals surface area contributed by atoms with Crippen molar-refractivity contribution in [1.29, 1.82) is 0 Å². The van der Waals surface area contributed by atoms with Crippen LogP contribution in [-0.4, -0.2) is 35.8 Å². The quantitative estimate of drug-likeness (QED) is 0.303. The average molecular weight is 214 g/mol. The highest BCUT2D eigenvalue weighted by Crippen LogP contribution is 2.24. The molecule has 1 aliphatic heterocycles. The van der Waals surface area contributed by atoms with E-state index in [0.717, 1.165) is 13.0 Å². The Hall–Kier alpha value is -1.14. The molecule has 0 spiro atoms. The maximum absolute atomic E-state index is 11.4. The Morgan fingerprint density at radius 2 is 2.13 bits per heavy atom. The van der Waals surface area contributed by atoms with Crippen LogP contribution in [0.25, 0.3) is 0 Å². The molecular weight excluding hydrogens is 196 g/mol. The molecule has 0 aliphatic carbocycles. The van der Waals surface area contributed by atoms with Crippen LogP contribution in [0.1, 0.15) is 20.3 Å². The molecule has 1 fully saturated rings. The third-order valence-corrected chi connectivity index (χ3v) is 2.80. The third-order valence-electron chi connectivity index (χ3n) is 2.80. The number of hydrogen-bond acceptors (Lipinski definition) is 4. The second-order valence-electron chi connectivity index (χ2n) is 4.53. The van der Waals surface area contributed by atoms with E-state index in [1.54, 1.807) is 13.8 Å². The van der Waals surface area contributed by atoms with Gasteiger partial charge in [0.05, 0.1) is 11.5 Å². The average Bonchev–Trinajstić information content (AvgIpc) is 2.10. The van der Waals surface area contributed by atoms with Crippen molar-refractivity contribution in [1.82, 2.24) is 10.3 Å². The summed E-state index contributed by atoms with van der Waals surface area (Å²) in [5.74, 6) is 4.51. The van der Waals surface area contributed by atoms with Gasteiger partial charge in [-0.05, 0) is 20.3 Å². The second-order valence-corrected chi connectivity index (χ2v) is 4.53. The van der Waals surface area contributed by atoms with Crippen molar-refractivity contribution in [2.45, 2.75) is 26.3 Å². The van der Waals surface area contributed by atoms with E-state index in [1.165, 1.54) is 0 Å². The number of amides is 2. The second kappa shape index (κ2) is 4.16. The van der Waals surface area contributed by atoms with Crippen LogP contribution >= 0.6 is 0 Å². The van der Waals surface area contributed by atoms with Gasteiger partial charge in [-0.3, -0.25) is 19.9 Å². The number of primary amides is 1. The molecule has 0 aromatic rings. The van der Waals surface area contributed by atoms with Crippen LogP contribution in [0.4, 0.5) is 0 Å². The first-order valence-corrected chi connectivity index (χ1v) is 4.93. The summed E-state index contributed by atoms with van der Waals surface area (Å²) in [5, 5.41) is 0. The Morgan fingerprint density at radius 1 is 1.53 bits per heavy atom. The van der Waals surface area contributed by atoms with Crippen LogP contribution in [-0.2, 0) is 9.59 Å². The van der Waals surface area contributed by atoms with Crippen LogP contribution in [0, 0.1) is 5.41 Å². The first kappa shape index (κ1) is 11.9. The van der Waals surface area contributed by atoms with Gasteiger partial charge in [-0.15, -0.1) is 0 Å². The van der Waals surface area contributed by atoms with Crippen LogP contribution in [0.2, 0.25) is 0 Å². The fraction of sp³-hybridized carbons (Fsp3) is 0.778. The van der Waals surface area contributed by atoms with Gasteiger partial charge in [-0.2, -0.15) is 0 Å². The summed E-state index contributed by atoms with van der Waals surface area (Å²) in [6.07, 6.45) is 0.773. The molecule has 15 heavy (non-hydrogen) atoms. The number of rotatable bonds is 4. The van der Waals surface area contributed by atoms with Gasteiger partial charge in [-0.1, -0.05) is 0 Å². The van der Waals surface area contributed by atoms with Gasteiger partial charge in [0, 0.05) is 13.1 Å². The van der Waals surface area contributed by atoms with Gasteiger partial charge in [0.2, 0.25) is 11.8 Å². The number of nitrogens with one attached hydrogen (secondary N) is 1. The molecule has 86 valence electrons. The lowest BCUT2D eigenvalue weighted by atomic mass is 9.88. The summed E-state index contributed by atoms with van der Waals surface area (Å²) >= 11 is 0. The van der Waals surface area contributed by atoms with Crippen LogP contribution in [0.3, 0.4) is 0 Å². The highest BCUT2D eigenvalue weighted by atomic mass is 16.2. The predicted octanol–water partition coefficient (Wildman–Crippen LogP) is -1.44. The first-order chi connectivity index (χ1) is 6.88. The van der Waals surface area contributed by atoms with Crippen molar-refractivity contribution in [2.75, 3.05) is 13.1 Å². The van der Waals surface area contributed by atoms with E-state index in [-0.39, 0.29) is 17.9 Å². The molecule has 1 unspecified atom stereocenters. The molecular formula is C9H18N4O2. The molecule has 0 aromatic heterocycles. The van der Waals surface area contributed by atoms with Crippen molar-refractivity contribution >= 4 is 11.8 Å². The van der Waals surface area contributed by atoms with Gasteiger partial charge < -0.3 is 5.73 Å². The van der Waals surface area contributed by atoms with E-state index < -0.39 is 5.41 Å². The molecule has 6 heteroatoms. The Balaban J connectivity index is 2.55. The zero-order valence-electron chi connectivity index (χ0n) is 9.12. The maximum atomic E-state index is 11.4. The predicted molar refractivity (Wildman–Crippen MR) is 55.3 cm³/mol. The van der Waals surface area contributed by atoms with Crippen molar-refractivity contribution in [2.24, 2.45) is 17.0 Å². The Morgan fingerprint density at radius 3 is 2.47 bits per heavy atom. The first-order valence-electron chi connectivity index (χ1n) is 4.93. The SMILES string of the molecule is CC(C)(CN1CCC1C(N)=O)C(=O)NN. The van der Waals surface area contributed by atoms with E-state index in [0.29, 0.717) is 6.54 Å². The van der Waals surface area contributed by atoms with Gasteiger partial charge >= 0.3 is 0 Å². The highest BCUT2D eigenvalue weighted by molar-refractivity contribution is 5.82. The number of likely N-dealkylation sites (tertiary alicyclic amines) is 1. The van der Waals surface area contributed by atoms with Crippen molar-refractivity contribution < 1.29 is 9.59 Å². The van der Waals surface area contributed by atoms with Crippen LogP contribution < -0.4 is 17.0 Å². The van der Waals surface area contributed by atoms with Crippen molar-refractivity contribution in [3.8, 4) is 0 Å². The number of nitrogens with two attached hydrogens (primary N) is 2. The highest BCUT2D eigenvalue weighted by Gasteiger charge is 2.38. The van der Waals surface area contributed by atoms with Crippen molar-refractivity contribution in [3.05, 3.63) is 0 Å². The Bertz CT molecular complexity index is 277. The molecule has 1 saturated heterocycles. The normalized spacial score (nSPS) is 21.9. The largest absolute Gasteiger partial charge is 0.368 e. The number of hydrazine groups is 1. The lowest BCUT2D eigenvalue weighted by Gasteiger charge is -2.42. The monoisotopic (exact) mass is 214 g/mol. The summed E-state index contributed by atoms with van der Waals surface area (Å²) < 4.78 is 0. The lowest BCUT2D eigenvalue weighted by molar-refractivity contribution is -0.136.